The molecule has 1 fully saturated rings. The van der Waals surface area contributed by atoms with Crippen molar-refractivity contribution in [3.8, 4) is 6.07 Å². The zero-order chi connectivity index (χ0) is 19.1. The SMILES string of the molecule is N#C[C@H](CC(N)=O)NC(=O)[C@@H]1CCCN1C(=O)OCc1ccc(Br)cc1. The highest BCUT2D eigenvalue weighted by Crippen LogP contribution is 2.19. The van der Waals surface area contributed by atoms with Crippen LogP contribution in [0.4, 0.5) is 4.79 Å². The average Bonchev–Trinajstić information content (AvgIpc) is 3.10. The summed E-state index contributed by atoms with van der Waals surface area (Å²) in [4.78, 5) is 36.9. The van der Waals surface area contributed by atoms with Crippen LogP contribution >= 0.6 is 15.9 Å². The summed E-state index contributed by atoms with van der Waals surface area (Å²) >= 11 is 3.33. The number of likely N-dealkylation sites (tertiary alicyclic amines) is 1. The van der Waals surface area contributed by atoms with Crippen molar-refractivity contribution in [2.24, 2.45) is 5.73 Å². The van der Waals surface area contributed by atoms with Crippen molar-refractivity contribution in [3.05, 3.63) is 34.3 Å². The van der Waals surface area contributed by atoms with Crippen molar-refractivity contribution in [1.82, 2.24) is 10.2 Å². The standard InChI is InChI=1S/C17H19BrN4O4/c18-12-5-3-11(4-6-12)10-26-17(25)22-7-1-2-14(22)16(24)21-13(9-19)8-15(20)23/h3-6,13-14H,1-2,7-8,10H2,(H2,20,23)(H,21,24)/t13-,14-/m0/s1. The van der Waals surface area contributed by atoms with Gasteiger partial charge in [-0.3, -0.25) is 14.5 Å². The van der Waals surface area contributed by atoms with E-state index < -0.39 is 30.0 Å². The molecule has 1 aromatic carbocycles. The smallest absolute Gasteiger partial charge is 0.410 e. The summed E-state index contributed by atoms with van der Waals surface area (Å²) in [6.07, 6.45) is 0.254. The maximum Gasteiger partial charge on any atom is 0.410 e. The fraction of sp³-hybridized carbons (Fsp3) is 0.412. The van der Waals surface area contributed by atoms with Crippen molar-refractivity contribution >= 4 is 33.8 Å². The lowest BCUT2D eigenvalue weighted by Gasteiger charge is -2.24. The van der Waals surface area contributed by atoms with Crippen molar-refractivity contribution in [1.29, 1.82) is 5.26 Å². The van der Waals surface area contributed by atoms with Gasteiger partial charge in [0.2, 0.25) is 11.8 Å². The van der Waals surface area contributed by atoms with Crippen molar-refractivity contribution in [2.45, 2.75) is 38.0 Å². The second-order valence-electron chi connectivity index (χ2n) is 5.89. The van der Waals surface area contributed by atoms with Gasteiger partial charge in [0, 0.05) is 11.0 Å². The van der Waals surface area contributed by atoms with Crippen LogP contribution in [0.2, 0.25) is 0 Å². The molecule has 0 unspecified atom stereocenters. The second kappa shape index (κ2) is 9.20. The van der Waals surface area contributed by atoms with E-state index in [1.54, 1.807) is 0 Å². The molecular weight excluding hydrogens is 404 g/mol. The van der Waals surface area contributed by atoms with E-state index in [2.05, 4.69) is 21.2 Å². The molecule has 0 aromatic heterocycles. The summed E-state index contributed by atoms with van der Waals surface area (Å²) in [5.74, 6) is -1.18. The number of nitrogens with one attached hydrogen (secondary N) is 1. The lowest BCUT2D eigenvalue weighted by molar-refractivity contribution is -0.125. The molecule has 26 heavy (non-hydrogen) atoms. The van der Waals surface area contributed by atoms with E-state index in [1.165, 1.54) is 4.90 Å². The predicted molar refractivity (Wildman–Crippen MR) is 95.4 cm³/mol. The van der Waals surface area contributed by atoms with Gasteiger partial charge in [-0.05, 0) is 30.5 Å². The van der Waals surface area contributed by atoms with Gasteiger partial charge >= 0.3 is 6.09 Å². The van der Waals surface area contributed by atoms with Crippen LogP contribution in [0.25, 0.3) is 0 Å². The Hall–Kier alpha value is -2.60. The predicted octanol–water partition coefficient (Wildman–Crippen LogP) is 1.43. The van der Waals surface area contributed by atoms with Crippen molar-refractivity contribution < 1.29 is 19.1 Å². The number of nitrogens with two attached hydrogens (primary N) is 1. The molecule has 1 heterocycles. The maximum absolute atomic E-state index is 12.4. The lowest BCUT2D eigenvalue weighted by atomic mass is 10.1. The zero-order valence-electron chi connectivity index (χ0n) is 14.0. The normalized spacial score (nSPS) is 17.2. The third-order valence-corrected chi connectivity index (χ3v) is 4.47. The highest BCUT2D eigenvalue weighted by molar-refractivity contribution is 9.10. The molecule has 2 rings (SSSR count). The van der Waals surface area contributed by atoms with Gasteiger partial charge in [0.05, 0.1) is 12.5 Å². The molecule has 3 N–H and O–H groups in total. The van der Waals surface area contributed by atoms with Gasteiger partial charge in [-0.1, -0.05) is 28.1 Å². The molecule has 1 aliphatic rings. The molecule has 1 aromatic rings. The third kappa shape index (κ3) is 5.46. The number of rotatable bonds is 6. The summed E-state index contributed by atoms with van der Waals surface area (Å²) in [5.41, 5.74) is 5.88. The molecule has 1 saturated heterocycles. The van der Waals surface area contributed by atoms with Crippen molar-refractivity contribution in [3.63, 3.8) is 0 Å². The van der Waals surface area contributed by atoms with E-state index in [0.29, 0.717) is 19.4 Å². The van der Waals surface area contributed by atoms with E-state index in [0.717, 1.165) is 10.0 Å². The zero-order valence-corrected chi connectivity index (χ0v) is 15.6. The Labute approximate surface area is 159 Å². The summed E-state index contributed by atoms with van der Waals surface area (Å²) in [5, 5.41) is 11.4. The molecule has 3 amide bonds. The van der Waals surface area contributed by atoms with E-state index in [9.17, 15) is 14.4 Å². The van der Waals surface area contributed by atoms with Crippen LogP contribution in [-0.2, 0) is 20.9 Å². The van der Waals surface area contributed by atoms with Crippen LogP contribution in [-0.4, -0.2) is 41.4 Å². The van der Waals surface area contributed by atoms with E-state index in [4.69, 9.17) is 15.7 Å². The average molecular weight is 423 g/mol. The largest absolute Gasteiger partial charge is 0.445 e. The Balaban J connectivity index is 1.92. The highest BCUT2D eigenvalue weighted by atomic mass is 79.9. The minimum absolute atomic E-state index is 0.0967. The molecule has 0 bridgehead atoms. The monoisotopic (exact) mass is 422 g/mol. The molecule has 0 aliphatic carbocycles. The van der Waals surface area contributed by atoms with Crippen LogP contribution < -0.4 is 11.1 Å². The number of hydrogen-bond donors (Lipinski definition) is 2. The number of nitriles is 1. The minimum Gasteiger partial charge on any atom is -0.445 e. The number of carbonyl (C=O) groups excluding carboxylic acids is 3. The number of ether oxygens (including phenoxy) is 1. The van der Waals surface area contributed by atoms with Crippen molar-refractivity contribution in [2.75, 3.05) is 6.54 Å². The Kier molecular flexibility index (Phi) is 6.97. The third-order valence-electron chi connectivity index (χ3n) is 3.94. The van der Waals surface area contributed by atoms with E-state index in [1.807, 2.05) is 30.3 Å². The summed E-state index contributed by atoms with van der Waals surface area (Å²) in [6, 6.07) is 7.41. The van der Waals surface area contributed by atoms with Gasteiger partial charge in [0.25, 0.3) is 0 Å². The summed E-state index contributed by atoms with van der Waals surface area (Å²) < 4.78 is 6.20. The molecule has 0 radical (unpaired) electrons. The Morgan fingerprint density at radius 2 is 2.08 bits per heavy atom. The summed E-state index contributed by atoms with van der Waals surface area (Å²) in [6.45, 7) is 0.490. The van der Waals surface area contributed by atoms with Crippen LogP contribution in [0.5, 0.6) is 0 Å². The van der Waals surface area contributed by atoms with Gasteiger partial charge in [-0.15, -0.1) is 0 Å². The Morgan fingerprint density at radius 3 is 2.69 bits per heavy atom. The molecule has 1 aliphatic heterocycles. The first-order valence-electron chi connectivity index (χ1n) is 8.07. The van der Waals surface area contributed by atoms with E-state index in [-0.39, 0.29) is 13.0 Å². The summed E-state index contributed by atoms with van der Waals surface area (Å²) in [7, 11) is 0. The maximum atomic E-state index is 12.4. The van der Waals surface area contributed by atoms with Crippen LogP contribution in [0.1, 0.15) is 24.8 Å². The van der Waals surface area contributed by atoms with Crippen LogP contribution in [0, 0.1) is 11.3 Å². The molecule has 0 saturated carbocycles. The molecule has 0 spiro atoms. The van der Waals surface area contributed by atoms with Crippen LogP contribution in [0.15, 0.2) is 28.7 Å². The quantitative estimate of drug-likeness (QED) is 0.716. The fourth-order valence-corrected chi connectivity index (χ4v) is 2.93. The number of hydrogen-bond acceptors (Lipinski definition) is 5. The topological polar surface area (TPSA) is 126 Å². The van der Waals surface area contributed by atoms with Gasteiger partial charge in [0.15, 0.2) is 0 Å². The molecule has 2 atom stereocenters. The first-order valence-corrected chi connectivity index (χ1v) is 8.86. The number of halogens is 1. The second-order valence-corrected chi connectivity index (χ2v) is 6.81. The molecule has 138 valence electrons. The molecule has 9 heteroatoms. The lowest BCUT2D eigenvalue weighted by Crippen LogP contribution is -2.49. The first kappa shape index (κ1) is 19.7. The number of benzene rings is 1. The molecule has 8 nitrogen and oxygen atoms in total. The van der Waals surface area contributed by atoms with E-state index >= 15 is 0 Å². The number of nitrogens with zero attached hydrogens (tertiary/aromatic N) is 2. The minimum atomic E-state index is -1.01. The van der Waals surface area contributed by atoms with Gasteiger partial charge in [-0.2, -0.15) is 5.26 Å². The van der Waals surface area contributed by atoms with Gasteiger partial charge in [-0.25, -0.2) is 4.79 Å². The highest BCUT2D eigenvalue weighted by Gasteiger charge is 2.36. The van der Waals surface area contributed by atoms with Gasteiger partial charge < -0.3 is 15.8 Å². The van der Waals surface area contributed by atoms with Crippen LogP contribution in [0.3, 0.4) is 0 Å². The molecular formula is C17H19BrN4O4. The Morgan fingerprint density at radius 1 is 1.38 bits per heavy atom. The number of primary amides is 1. The van der Waals surface area contributed by atoms with Gasteiger partial charge in [0.1, 0.15) is 18.7 Å². The Bertz CT molecular complexity index is 716. The first-order chi connectivity index (χ1) is 12.4. The number of carbonyl (C=O) groups is 3. The fourth-order valence-electron chi connectivity index (χ4n) is 2.66. The number of amides is 3.